The minimum absolute atomic E-state index is 0.426. The van der Waals surface area contributed by atoms with Gasteiger partial charge in [-0.25, -0.2) is 4.98 Å². The van der Waals surface area contributed by atoms with Crippen LogP contribution in [-0.2, 0) is 0 Å². The van der Waals surface area contributed by atoms with E-state index in [0.29, 0.717) is 17.3 Å². The van der Waals surface area contributed by atoms with Gasteiger partial charge in [0.25, 0.3) is 0 Å². The highest BCUT2D eigenvalue weighted by Crippen LogP contribution is 2.67. The Bertz CT molecular complexity index is 972. The standard InChI is InChI=1S/C23H26N2/c1-4-5-8-16-18-13-19(23(18,2)3)17-12-15-10-9-14-7-6-11-24-20(14)21(15)25-22(16)17/h6-7,9-12,16,18-19H,4-5,8,13H2,1-3H3/t16-,18+,19-/m1/s1. The van der Waals surface area contributed by atoms with E-state index in [1.165, 1.54) is 47.7 Å². The Kier molecular flexibility index (Phi) is 3.22. The normalized spacial score (nSPS) is 26.4. The van der Waals surface area contributed by atoms with Crippen LogP contribution in [0.3, 0.4) is 0 Å². The third-order valence-electron chi connectivity index (χ3n) is 7.04. The third-order valence-corrected chi connectivity index (χ3v) is 7.04. The van der Waals surface area contributed by atoms with Gasteiger partial charge in [0, 0.05) is 28.6 Å². The smallest absolute Gasteiger partial charge is 0.0968 e. The van der Waals surface area contributed by atoms with Crippen LogP contribution < -0.4 is 0 Å². The molecule has 0 aliphatic heterocycles. The molecule has 3 aliphatic carbocycles. The Labute approximate surface area is 149 Å². The van der Waals surface area contributed by atoms with Gasteiger partial charge in [0.15, 0.2) is 0 Å². The first kappa shape index (κ1) is 15.3. The van der Waals surface area contributed by atoms with Crippen molar-refractivity contribution in [3.8, 4) is 0 Å². The van der Waals surface area contributed by atoms with E-state index in [1.54, 1.807) is 0 Å². The van der Waals surface area contributed by atoms with E-state index in [1.807, 2.05) is 12.3 Å². The summed E-state index contributed by atoms with van der Waals surface area (Å²) < 4.78 is 0. The molecule has 0 N–H and O–H groups in total. The molecule has 1 fully saturated rings. The number of pyridine rings is 2. The van der Waals surface area contributed by atoms with Gasteiger partial charge in [0.05, 0.1) is 11.0 Å². The zero-order valence-corrected chi connectivity index (χ0v) is 15.4. The van der Waals surface area contributed by atoms with E-state index in [-0.39, 0.29) is 0 Å². The van der Waals surface area contributed by atoms with E-state index in [4.69, 9.17) is 4.98 Å². The van der Waals surface area contributed by atoms with E-state index in [2.05, 4.69) is 50.0 Å². The van der Waals surface area contributed by atoms with Gasteiger partial charge in [-0.2, -0.15) is 0 Å². The molecule has 3 aromatic rings. The average molecular weight is 330 g/mol. The van der Waals surface area contributed by atoms with Crippen molar-refractivity contribution in [2.75, 3.05) is 0 Å². The van der Waals surface area contributed by atoms with Crippen molar-refractivity contribution in [3.05, 3.63) is 47.8 Å². The third kappa shape index (κ3) is 2.03. The summed E-state index contributed by atoms with van der Waals surface area (Å²) in [7, 11) is 0. The average Bonchev–Trinajstić information content (AvgIpc) is 2.63. The molecule has 0 spiro atoms. The van der Waals surface area contributed by atoms with Gasteiger partial charge in [-0.15, -0.1) is 0 Å². The summed E-state index contributed by atoms with van der Waals surface area (Å²) in [6, 6.07) is 11.0. The molecular weight excluding hydrogens is 304 g/mol. The molecule has 1 saturated carbocycles. The molecular formula is C23H26N2. The van der Waals surface area contributed by atoms with E-state index < -0.39 is 0 Å². The summed E-state index contributed by atoms with van der Waals surface area (Å²) in [6.07, 6.45) is 7.09. The van der Waals surface area contributed by atoms with Crippen molar-refractivity contribution in [2.24, 2.45) is 11.3 Å². The van der Waals surface area contributed by atoms with Crippen LogP contribution in [-0.4, -0.2) is 9.97 Å². The fourth-order valence-electron chi connectivity index (χ4n) is 5.50. The Hall–Kier alpha value is -1.96. The molecule has 2 nitrogen and oxygen atoms in total. The van der Waals surface area contributed by atoms with Gasteiger partial charge in [-0.1, -0.05) is 51.8 Å². The predicted octanol–water partition coefficient (Wildman–Crippen LogP) is 6.20. The molecule has 0 unspecified atom stereocenters. The number of unbranched alkanes of at least 4 members (excludes halogenated alkanes) is 1. The molecule has 2 bridgehead atoms. The maximum Gasteiger partial charge on any atom is 0.0968 e. The highest BCUT2D eigenvalue weighted by atomic mass is 14.8. The quantitative estimate of drug-likeness (QED) is 0.534. The second kappa shape index (κ2) is 5.27. The van der Waals surface area contributed by atoms with Crippen molar-refractivity contribution >= 4 is 21.8 Å². The lowest BCUT2D eigenvalue weighted by Gasteiger charge is -2.60. The number of rotatable bonds is 3. The van der Waals surface area contributed by atoms with Crippen LogP contribution in [0.1, 0.15) is 69.5 Å². The monoisotopic (exact) mass is 330 g/mol. The van der Waals surface area contributed by atoms with Crippen LogP contribution in [0.4, 0.5) is 0 Å². The Morgan fingerprint density at radius 2 is 1.96 bits per heavy atom. The lowest BCUT2D eigenvalue weighted by molar-refractivity contribution is -0.0100. The molecule has 128 valence electrons. The molecule has 0 saturated heterocycles. The molecule has 3 atom stereocenters. The lowest BCUT2D eigenvalue weighted by Crippen LogP contribution is -2.50. The number of benzene rings is 1. The summed E-state index contributed by atoms with van der Waals surface area (Å²) in [4.78, 5) is 9.90. The highest BCUT2D eigenvalue weighted by Gasteiger charge is 2.57. The lowest BCUT2D eigenvalue weighted by atomic mass is 9.44. The SMILES string of the molecule is CCCC[C@H]1c2nc3c(ccc4cccnc43)cc2[C@H]2C[C@@H]1C2(C)C. The van der Waals surface area contributed by atoms with Gasteiger partial charge in [-0.05, 0) is 47.8 Å². The molecule has 3 aliphatic rings. The Morgan fingerprint density at radius 1 is 1.12 bits per heavy atom. The van der Waals surface area contributed by atoms with Crippen molar-refractivity contribution in [3.63, 3.8) is 0 Å². The van der Waals surface area contributed by atoms with Crippen molar-refractivity contribution < 1.29 is 0 Å². The van der Waals surface area contributed by atoms with Gasteiger partial charge in [0.1, 0.15) is 0 Å². The summed E-state index contributed by atoms with van der Waals surface area (Å²) in [5.74, 6) is 2.10. The molecule has 25 heavy (non-hydrogen) atoms. The minimum atomic E-state index is 0.426. The summed E-state index contributed by atoms with van der Waals surface area (Å²) in [5.41, 5.74) is 5.49. The van der Waals surface area contributed by atoms with Crippen LogP contribution in [0.15, 0.2) is 36.5 Å². The maximum absolute atomic E-state index is 5.26. The first-order chi connectivity index (χ1) is 12.1. The number of nitrogens with zero attached hydrogens (tertiary/aromatic N) is 2. The van der Waals surface area contributed by atoms with Gasteiger partial charge in [0.2, 0.25) is 0 Å². The number of hydrogen-bond donors (Lipinski definition) is 0. The fraction of sp³-hybridized carbons (Fsp3) is 0.478. The van der Waals surface area contributed by atoms with Crippen molar-refractivity contribution in [1.29, 1.82) is 0 Å². The number of aromatic nitrogens is 2. The van der Waals surface area contributed by atoms with Crippen LogP contribution >= 0.6 is 0 Å². The second-order valence-corrected chi connectivity index (χ2v) is 8.64. The molecule has 1 aromatic carbocycles. The Morgan fingerprint density at radius 3 is 2.76 bits per heavy atom. The predicted molar refractivity (Wildman–Crippen MR) is 104 cm³/mol. The van der Waals surface area contributed by atoms with Crippen LogP contribution in [0.2, 0.25) is 0 Å². The molecule has 2 heteroatoms. The summed E-state index contributed by atoms with van der Waals surface area (Å²) in [5, 5.41) is 2.44. The van der Waals surface area contributed by atoms with Gasteiger partial charge in [-0.3, -0.25) is 4.98 Å². The van der Waals surface area contributed by atoms with E-state index in [9.17, 15) is 0 Å². The first-order valence-electron chi connectivity index (χ1n) is 9.79. The fourth-order valence-corrected chi connectivity index (χ4v) is 5.50. The molecule has 0 radical (unpaired) electrons. The molecule has 0 amide bonds. The van der Waals surface area contributed by atoms with Crippen molar-refractivity contribution in [1.82, 2.24) is 9.97 Å². The first-order valence-corrected chi connectivity index (χ1v) is 9.79. The van der Waals surface area contributed by atoms with Crippen LogP contribution in [0.25, 0.3) is 21.8 Å². The Balaban J connectivity index is 1.76. The number of hydrogen-bond acceptors (Lipinski definition) is 2. The van der Waals surface area contributed by atoms with E-state index >= 15 is 0 Å². The topological polar surface area (TPSA) is 25.8 Å². The maximum atomic E-state index is 5.26. The second-order valence-electron chi connectivity index (χ2n) is 8.64. The minimum Gasteiger partial charge on any atom is -0.254 e. The molecule has 6 rings (SSSR count). The van der Waals surface area contributed by atoms with E-state index in [0.717, 1.165) is 17.0 Å². The number of fused-ring (bicyclic) bond motifs is 3. The summed E-state index contributed by atoms with van der Waals surface area (Å²) >= 11 is 0. The van der Waals surface area contributed by atoms with Crippen LogP contribution in [0.5, 0.6) is 0 Å². The largest absolute Gasteiger partial charge is 0.254 e. The molecule has 2 aromatic heterocycles. The van der Waals surface area contributed by atoms with Crippen molar-refractivity contribution in [2.45, 2.75) is 58.3 Å². The molecule has 2 heterocycles. The van der Waals surface area contributed by atoms with Gasteiger partial charge < -0.3 is 0 Å². The van der Waals surface area contributed by atoms with Crippen LogP contribution in [0, 0.1) is 11.3 Å². The zero-order valence-electron chi connectivity index (χ0n) is 15.4. The van der Waals surface area contributed by atoms with Gasteiger partial charge >= 0.3 is 0 Å². The highest BCUT2D eigenvalue weighted by molar-refractivity contribution is 6.02. The summed E-state index contributed by atoms with van der Waals surface area (Å²) in [6.45, 7) is 7.24. The zero-order chi connectivity index (χ0) is 17.2.